The number of rotatable bonds is 7. The van der Waals surface area contributed by atoms with Gasteiger partial charge in [-0.3, -0.25) is 10.5 Å². The fourth-order valence-corrected chi connectivity index (χ4v) is 4.48. The van der Waals surface area contributed by atoms with Crippen LogP contribution in [0.25, 0.3) is 22.2 Å². The highest BCUT2D eigenvalue weighted by atomic mass is 35.5. The van der Waals surface area contributed by atoms with Crippen LogP contribution < -0.4 is 16.9 Å². The number of hydrogen-bond acceptors (Lipinski definition) is 5. The van der Waals surface area contributed by atoms with Crippen molar-refractivity contribution in [2.75, 3.05) is 11.2 Å². The topological polar surface area (TPSA) is 142 Å². The molecular formula is C25H22Cl2N8O. The molecule has 11 heteroatoms. The van der Waals surface area contributed by atoms with E-state index < -0.39 is 12.1 Å². The molecule has 0 spiro atoms. The summed E-state index contributed by atoms with van der Waals surface area (Å²) >= 11 is 12.8. The van der Waals surface area contributed by atoms with Crippen molar-refractivity contribution in [3.63, 3.8) is 0 Å². The molecule has 0 saturated heterocycles. The van der Waals surface area contributed by atoms with Crippen LogP contribution in [0, 0.1) is 0 Å². The number of hydrazine groups is 1. The summed E-state index contributed by atoms with van der Waals surface area (Å²) < 4.78 is 0. The Labute approximate surface area is 216 Å². The molecule has 2 aromatic heterocycles. The van der Waals surface area contributed by atoms with Crippen LogP contribution in [-0.2, 0) is 6.42 Å². The van der Waals surface area contributed by atoms with E-state index in [2.05, 4.69) is 20.6 Å². The Hall–Kier alpha value is -4.21. The third-order valence-corrected chi connectivity index (χ3v) is 6.26. The maximum absolute atomic E-state index is 12.7. The van der Waals surface area contributed by atoms with Crippen LogP contribution in [-0.4, -0.2) is 31.2 Å². The average molecular weight is 521 g/mol. The van der Waals surface area contributed by atoms with Gasteiger partial charge in [0.05, 0.1) is 11.2 Å². The molecule has 3 aromatic carbocycles. The maximum Gasteiger partial charge on any atom is 0.334 e. The Morgan fingerprint density at radius 3 is 2.61 bits per heavy atom. The van der Waals surface area contributed by atoms with Crippen LogP contribution >= 0.6 is 23.2 Å². The molecular weight excluding hydrogens is 499 g/mol. The molecule has 0 aliphatic carbocycles. The zero-order valence-corrected chi connectivity index (χ0v) is 20.4. The monoisotopic (exact) mass is 520 g/mol. The van der Waals surface area contributed by atoms with Crippen molar-refractivity contribution in [1.82, 2.24) is 25.2 Å². The molecule has 0 saturated carbocycles. The van der Waals surface area contributed by atoms with Crippen molar-refractivity contribution in [3.8, 4) is 11.3 Å². The van der Waals surface area contributed by atoms with E-state index in [1.807, 2.05) is 48.5 Å². The number of primary amides is 1. The van der Waals surface area contributed by atoms with E-state index in [4.69, 9.17) is 39.7 Å². The number of amides is 2. The number of benzene rings is 3. The summed E-state index contributed by atoms with van der Waals surface area (Å²) in [5, 5.41) is 9.89. The van der Waals surface area contributed by atoms with Gasteiger partial charge in [-0.1, -0.05) is 65.7 Å². The fourth-order valence-electron chi connectivity index (χ4n) is 4.04. The van der Waals surface area contributed by atoms with Gasteiger partial charge in [0.25, 0.3) is 0 Å². The highest BCUT2D eigenvalue weighted by Gasteiger charge is 2.29. The van der Waals surface area contributed by atoms with Crippen LogP contribution in [0.5, 0.6) is 0 Å². The van der Waals surface area contributed by atoms with Crippen molar-refractivity contribution in [1.29, 1.82) is 0 Å². The average Bonchev–Trinajstić information content (AvgIpc) is 3.44. The largest absolute Gasteiger partial charge is 0.382 e. The second-order valence-electron chi connectivity index (χ2n) is 8.19. The number of fused-ring (bicyclic) bond motifs is 1. The number of urea groups is 1. The first-order valence-electron chi connectivity index (χ1n) is 11.0. The van der Waals surface area contributed by atoms with E-state index in [1.54, 1.807) is 24.3 Å². The van der Waals surface area contributed by atoms with Gasteiger partial charge in [0.15, 0.2) is 5.82 Å². The van der Waals surface area contributed by atoms with Crippen LogP contribution in [0.4, 0.5) is 16.3 Å². The van der Waals surface area contributed by atoms with Crippen molar-refractivity contribution in [3.05, 3.63) is 94.4 Å². The lowest BCUT2D eigenvalue weighted by molar-refractivity contribution is 0.196. The molecule has 0 fully saturated rings. The number of nitrogen functional groups attached to an aromatic ring is 1. The third-order valence-electron chi connectivity index (χ3n) is 5.75. The van der Waals surface area contributed by atoms with Gasteiger partial charge in [0.2, 0.25) is 0 Å². The second kappa shape index (κ2) is 9.80. The molecule has 2 amide bonds. The number of hydrogen-bond donors (Lipinski definition) is 5. The number of aromatic nitrogens is 4. The van der Waals surface area contributed by atoms with Gasteiger partial charge in [-0.05, 0) is 35.9 Å². The number of nitrogens with one attached hydrogen (secondary N) is 3. The molecule has 0 aliphatic heterocycles. The van der Waals surface area contributed by atoms with Crippen molar-refractivity contribution >= 4 is 51.6 Å². The number of H-pyrrole nitrogens is 2. The molecule has 182 valence electrons. The molecule has 7 N–H and O–H groups in total. The summed E-state index contributed by atoms with van der Waals surface area (Å²) in [4.78, 5) is 20.6. The summed E-state index contributed by atoms with van der Waals surface area (Å²) in [6.07, 6.45) is 0.413. The molecule has 0 unspecified atom stereocenters. The first kappa shape index (κ1) is 23.5. The predicted molar refractivity (Wildman–Crippen MR) is 142 cm³/mol. The molecule has 0 bridgehead atoms. The number of carbonyl (C=O) groups is 1. The zero-order valence-electron chi connectivity index (χ0n) is 18.9. The Kier molecular flexibility index (Phi) is 6.41. The minimum absolute atomic E-state index is 0.321. The predicted octanol–water partition coefficient (Wildman–Crippen LogP) is 5.53. The first-order valence-corrected chi connectivity index (χ1v) is 11.8. The van der Waals surface area contributed by atoms with Crippen molar-refractivity contribution in [2.24, 2.45) is 5.73 Å². The minimum Gasteiger partial charge on any atom is -0.382 e. The van der Waals surface area contributed by atoms with Crippen LogP contribution in [0.1, 0.15) is 17.4 Å². The Morgan fingerprint density at radius 2 is 1.86 bits per heavy atom. The van der Waals surface area contributed by atoms with E-state index in [1.165, 1.54) is 5.01 Å². The van der Waals surface area contributed by atoms with E-state index >= 15 is 0 Å². The molecule has 9 nitrogen and oxygen atoms in total. The number of carbonyl (C=O) groups excluding carboxylic acids is 1. The van der Waals surface area contributed by atoms with Crippen LogP contribution in [0.3, 0.4) is 0 Å². The Balaban J connectivity index is 1.56. The van der Waals surface area contributed by atoms with Crippen molar-refractivity contribution in [2.45, 2.75) is 12.5 Å². The van der Waals surface area contributed by atoms with Gasteiger partial charge < -0.3 is 16.5 Å². The normalized spacial score (nSPS) is 11.9. The lowest BCUT2D eigenvalue weighted by Gasteiger charge is -2.30. The Bertz CT molecular complexity index is 1530. The molecule has 5 aromatic rings. The van der Waals surface area contributed by atoms with Gasteiger partial charge in [-0.2, -0.15) is 5.10 Å². The SMILES string of the molecule is NC(=O)N(Nc1cccc(Cl)c1)[C@@H](Cc1ccccc1)c1nc(-c2ccc3c(N)n[nH]c3c2)c(Cl)[nH]1. The van der Waals surface area contributed by atoms with Crippen LogP contribution in [0.2, 0.25) is 10.2 Å². The highest BCUT2D eigenvalue weighted by Crippen LogP contribution is 2.33. The lowest BCUT2D eigenvalue weighted by Crippen LogP contribution is -2.44. The maximum atomic E-state index is 12.7. The minimum atomic E-state index is -0.695. The van der Waals surface area contributed by atoms with E-state index in [0.717, 1.165) is 22.0 Å². The van der Waals surface area contributed by atoms with E-state index in [-0.39, 0.29) is 0 Å². The highest BCUT2D eigenvalue weighted by molar-refractivity contribution is 6.32. The zero-order chi connectivity index (χ0) is 25.2. The summed E-state index contributed by atoms with van der Waals surface area (Å²) in [7, 11) is 0. The third kappa shape index (κ3) is 4.79. The smallest absolute Gasteiger partial charge is 0.334 e. The number of imidazole rings is 1. The molecule has 2 heterocycles. The molecule has 0 aliphatic rings. The van der Waals surface area contributed by atoms with Gasteiger partial charge in [0, 0.05) is 22.4 Å². The standard InChI is InChI=1S/C25H22Cl2N8O/c26-16-7-4-8-17(13-16)34-35(25(29)36)20(11-14-5-2-1-3-6-14)24-30-21(22(27)31-24)15-9-10-18-19(12-15)32-33-23(18)28/h1-10,12-13,20,34H,11H2,(H2,29,36)(H,30,31)(H3,28,32,33)/t20-/m0/s1. The quantitative estimate of drug-likeness (QED) is 0.179. The number of halogens is 2. The molecule has 36 heavy (non-hydrogen) atoms. The van der Waals surface area contributed by atoms with Gasteiger partial charge in [-0.25, -0.2) is 14.8 Å². The number of aromatic amines is 2. The molecule has 1 atom stereocenters. The summed E-state index contributed by atoms with van der Waals surface area (Å²) in [6.45, 7) is 0. The van der Waals surface area contributed by atoms with Gasteiger partial charge in [0.1, 0.15) is 22.7 Å². The Morgan fingerprint density at radius 1 is 1.06 bits per heavy atom. The number of nitrogens with zero attached hydrogens (tertiary/aromatic N) is 3. The second-order valence-corrected chi connectivity index (χ2v) is 9.00. The van der Waals surface area contributed by atoms with Gasteiger partial charge >= 0.3 is 6.03 Å². The van der Waals surface area contributed by atoms with E-state index in [9.17, 15) is 4.79 Å². The van der Waals surface area contributed by atoms with Gasteiger partial charge in [-0.15, -0.1) is 0 Å². The summed E-state index contributed by atoms with van der Waals surface area (Å²) in [5.41, 5.74) is 18.4. The number of nitrogens with two attached hydrogens (primary N) is 2. The van der Waals surface area contributed by atoms with E-state index in [0.29, 0.717) is 39.6 Å². The first-order chi connectivity index (χ1) is 17.4. The number of anilines is 2. The molecule has 0 radical (unpaired) electrons. The molecule has 5 rings (SSSR count). The summed E-state index contributed by atoms with van der Waals surface area (Å²) in [6, 6.07) is 21.0. The van der Waals surface area contributed by atoms with Crippen molar-refractivity contribution < 1.29 is 4.79 Å². The van der Waals surface area contributed by atoms with Crippen LogP contribution in [0.15, 0.2) is 72.8 Å². The summed E-state index contributed by atoms with van der Waals surface area (Å²) in [5.74, 6) is 0.869. The fraction of sp³-hybridized carbons (Fsp3) is 0.0800. The lowest BCUT2D eigenvalue weighted by atomic mass is 10.0.